The number of para-hydroxylation sites is 1. The fourth-order valence-corrected chi connectivity index (χ4v) is 7.50. The molecule has 0 aliphatic rings. The Hall–Kier alpha value is -3.01. The van der Waals surface area contributed by atoms with Crippen molar-refractivity contribution in [3.8, 4) is 0 Å². The molecule has 14 heteroatoms. The van der Waals surface area contributed by atoms with Gasteiger partial charge in [-0.15, -0.1) is 21.5 Å². The van der Waals surface area contributed by atoms with E-state index in [0.717, 1.165) is 51.0 Å². The number of esters is 1. The number of carbonyl (C=O) groups is 1. The first-order chi connectivity index (χ1) is 22.1. The van der Waals surface area contributed by atoms with Gasteiger partial charge in [-0.1, -0.05) is 43.1 Å². The quantitative estimate of drug-likeness (QED) is 0.0639. The molecule has 0 amide bonds. The van der Waals surface area contributed by atoms with Crippen LogP contribution in [0.5, 0.6) is 0 Å². The van der Waals surface area contributed by atoms with Gasteiger partial charge in [0.2, 0.25) is 0 Å². The van der Waals surface area contributed by atoms with E-state index in [9.17, 15) is 4.79 Å². The molecule has 0 fully saturated rings. The summed E-state index contributed by atoms with van der Waals surface area (Å²) < 4.78 is 25.3. The van der Waals surface area contributed by atoms with Crippen LogP contribution in [0.15, 0.2) is 35.3 Å². The van der Waals surface area contributed by atoms with Crippen molar-refractivity contribution in [2.75, 3.05) is 52.1 Å². The largest absolute Gasteiger partial charge is 0.461 e. The number of nitrogens with zero attached hydrogens (tertiary/aromatic N) is 6. The van der Waals surface area contributed by atoms with Crippen LogP contribution in [0.3, 0.4) is 0 Å². The zero-order chi connectivity index (χ0) is 33.1. The molecule has 0 bridgehead atoms. The third-order valence-corrected chi connectivity index (χ3v) is 11.0. The Labute approximate surface area is 280 Å². The SMILES string of the molecule is CCOC(=O)c1nc(N(CCCOC)c2cc(C)c(/N=c3\sc4ccccc4n3COCC[Si](C)(C)C)nn2)sc1CCCOC. The van der Waals surface area contributed by atoms with Gasteiger partial charge >= 0.3 is 5.97 Å². The summed E-state index contributed by atoms with van der Waals surface area (Å²) in [4.78, 5) is 26.2. The molecule has 0 aliphatic carbocycles. The maximum Gasteiger partial charge on any atom is 0.358 e. The van der Waals surface area contributed by atoms with E-state index in [0.29, 0.717) is 55.4 Å². The van der Waals surface area contributed by atoms with Crippen molar-refractivity contribution in [1.82, 2.24) is 19.7 Å². The standard InChI is InChI=1S/C32H46N6O5S2Si/c1-8-43-30(39)28-26(15-11-17-40-3)45-31(33-28)37(16-12-18-41-4)27-21-23(2)29(36-35-27)34-32-38(22-42-19-20-46(5,6)7)24-13-9-10-14-25(24)44-32/h9-10,13-14,21H,8,11-12,15-20,22H2,1-7H3/b34-32-. The number of rotatable bonds is 18. The second-order valence-corrected chi connectivity index (χ2v) is 19.7. The lowest BCUT2D eigenvalue weighted by molar-refractivity contribution is 0.0519. The first-order valence-electron chi connectivity index (χ1n) is 15.6. The fraction of sp³-hybridized carbons (Fsp3) is 0.531. The number of methoxy groups -OCH3 is 2. The van der Waals surface area contributed by atoms with Crippen LogP contribution in [0.1, 0.15) is 40.7 Å². The van der Waals surface area contributed by atoms with Gasteiger partial charge in [0.05, 0.1) is 16.8 Å². The Morgan fingerprint density at radius 3 is 2.52 bits per heavy atom. The number of ether oxygens (including phenoxy) is 4. The highest BCUT2D eigenvalue weighted by molar-refractivity contribution is 7.16. The number of hydrogen-bond acceptors (Lipinski definition) is 12. The molecule has 4 aromatic rings. The van der Waals surface area contributed by atoms with E-state index in [2.05, 4.69) is 46.5 Å². The molecule has 0 saturated heterocycles. The van der Waals surface area contributed by atoms with E-state index < -0.39 is 14.0 Å². The number of hydrogen-bond donors (Lipinski definition) is 0. The van der Waals surface area contributed by atoms with Crippen LogP contribution < -0.4 is 9.70 Å². The van der Waals surface area contributed by atoms with Gasteiger partial charge in [-0.05, 0) is 62.9 Å². The minimum absolute atomic E-state index is 0.279. The van der Waals surface area contributed by atoms with Crippen LogP contribution in [0, 0.1) is 6.92 Å². The lowest BCUT2D eigenvalue weighted by Crippen LogP contribution is -2.23. The molecule has 0 N–H and O–H groups in total. The molecule has 0 atom stereocenters. The topological polar surface area (TPSA) is 113 Å². The molecule has 0 aliphatic heterocycles. The average Bonchev–Trinajstić information content (AvgIpc) is 3.59. The smallest absolute Gasteiger partial charge is 0.358 e. The Morgan fingerprint density at radius 2 is 1.80 bits per heavy atom. The van der Waals surface area contributed by atoms with E-state index in [1.165, 1.54) is 11.3 Å². The molecule has 0 saturated carbocycles. The van der Waals surface area contributed by atoms with Gasteiger partial charge < -0.3 is 23.8 Å². The van der Waals surface area contributed by atoms with Gasteiger partial charge in [0, 0.05) is 53.5 Å². The molecule has 3 heterocycles. The van der Waals surface area contributed by atoms with E-state index in [1.807, 2.05) is 30.0 Å². The summed E-state index contributed by atoms with van der Waals surface area (Å²) in [5.41, 5.74) is 2.29. The van der Waals surface area contributed by atoms with Crippen molar-refractivity contribution in [2.24, 2.45) is 4.99 Å². The molecule has 0 spiro atoms. The summed E-state index contributed by atoms with van der Waals surface area (Å²) in [6, 6.07) is 11.3. The summed E-state index contributed by atoms with van der Waals surface area (Å²) in [5.74, 6) is 0.737. The summed E-state index contributed by atoms with van der Waals surface area (Å²) >= 11 is 3.07. The third kappa shape index (κ3) is 9.75. The number of fused-ring (bicyclic) bond motifs is 1. The number of aromatic nitrogens is 4. The van der Waals surface area contributed by atoms with Crippen molar-refractivity contribution < 1.29 is 23.7 Å². The van der Waals surface area contributed by atoms with Crippen molar-refractivity contribution in [1.29, 1.82) is 0 Å². The van der Waals surface area contributed by atoms with Crippen LogP contribution >= 0.6 is 22.7 Å². The van der Waals surface area contributed by atoms with Crippen molar-refractivity contribution in [2.45, 2.75) is 65.5 Å². The number of carbonyl (C=O) groups excluding carboxylic acids is 1. The van der Waals surface area contributed by atoms with E-state index in [-0.39, 0.29) is 6.61 Å². The zero-order valence-corrected chi connectivity index (χ0v) is 30.6. The lowest BCUT2D eigenvalue weighted by Gasteiger charge is -2.20. The molecule has 250 valence electrons. The fourth-order valence-electron chi connectivity index (χ4n) is 4.60. The summed E-state index contributed by atoms with van der Waals surface area (Å²) in [6.07, 6.45) is 2.16. The van der Waals surface area contributed by atoms with E-state index in [4.69, 9.17) is 28.9 Å². The minimum Gasteiger partial charge on any atom is -0.461 e. The maximum atomic E-state index is 12.8. The third-order valence-electron chi connectivity index (χ3n) is 7.10. The predicted octanol–water partition coefficient (Wildman–Crippen LogP) is 6.73. The number of aryl methyl sites for hydroxylation is 2. The Balaban J connectivity index is 1.68. The molecular formula is C32H46N6O5S2Si. The maximum absolute atomic E-state index is 12.8. The highest BCUT2D eigenvalue weighted by Crippen LogP contribution is 2.33. The molecule has 46 heavy (non-hydrogen) atoms. The second kappa shape index (κ2) is 17.2. The van der Waals surface area contributed by atoms with E-state index >= 15 is 0 Å². The molecule has 0 unspecified atom stereocenters. The minimum atomic E-state index is -1.20. The van der Waals surface area contributed by atoms with Gasteiger partial charge in [0.25, 0.3) is 0 Å². The molecule has 1 aromatic carbocycles. The van der Waals surface area contributed by atoms with Crippen molar-refractivity contribution in [3.63, 3.8) is 0 Å². The first-order valence-corrected chi connectivity index (χ1v) is 21.0. The Kier molecular flexibility index (Phi) is 13.4. The number of anilines is 2. The molecular weight excluding hydrogens is 641 g/mol. The van der Waals surface area contributed by atoms with Gasteiger partial charge in [-0.2, -0.15) is 4.99 Å². The van der Waals surface area contributed by atoms with E-state index in [1.54, 1.807) is 32.5 Å². The van der Waals surface area contributed by atoms with Gasteiger partial charge in [0.1, 0.15) is 6.73 Å². The summed E-state index contributed by atoms with van der Waals surface area (Å²) in [5, 5.41) is 9.85. The Morgan fingerprint density at radius 1 is 1.04 bits per heavy atom. The zero-order valence-electron chi connectivity index (χ0n) is 28.0. The average molecular weight is 687 g/mol. The second-order valence-electron chi connectivity index (χ2n) is 12.0. The van der Waals surface area contributed by atoms with Crippen LogP contribution in [0.4, 0.5) is 16.8 Å². The van der Waals surface area contributed by atoms with Crippen LogP contribution in [0.2, 0.25) is 25.7 Å². The predicted molar refractivity (Wildman–Crippen MR) is 188 cm³/mol. The van der Waals surface area contributed by atoms with Gasteiger partial charge in [-0.3, -0.25) is 4.57 Å². The van der Waals surface area contributed by atoms with Crippen molar-refractivity contribution >= 4 is 63.7 Å². The highest BCUT2D eigenvalue weighted by atomic mass is 32.1. The van der Waals surface area contributed by atoms with Crippen LogP contribution in [0.25, 0.3) is 10.2 Å². The molecule has 4 rings (SSSR count). The Bertz CT molecular complexity index is 1650. The van der Waals surface area contributed by atoms with Gasteiger partial charge in [-0.25, -0.2) is 9.78 Å². The van der Waals surface area contributed by atoms with Crippen LogP contribution in [-0.4, -0.2) is 81.0 Å². The van der Waals surface area contributed by atoms with Crippen LogP contribution in [-0.2, 0) is 32.1 Å². The van der Waals surface area contributed by atoms with Gasteiger partial charge in [0.15, 0.2) is 27.3 Å². The lowest BCUT2D eigenvalue weighted by atomic mass is 10.2. The monoisotopic (exact) mass is 686 g/mol. The summed E-state index contributed by atoms with van der Waals surface area (Å²) in [7, 11) is 2.15. The number of thiazole rings is 2. The first kappa shape index (κ1) is 35.8. The van der Waals surface area contributed by atoms with Crippen molar-refractivity contribution in [3.05, 3.63) is 51.3 Å². The molecule has 3 aromatic heterocycles. The molecule has 0 radical (unpaired) electrons. The highest BCUT2D eigenvalue weighted by Gasteiger charge is 2.24. The molecule has 11 nitrogen and oxygen atoms in total. The number of benzene rings is 1. The normalized spacial score (nSPS) is 12.3. The summed E-state index contributed by atoms with van der Waals surface area (Å²) in [6.45, 7) is 14.0.